The first-order valence-electron chi connectivity index (χ1n) is 6.96. The fourth-order valence-corrected chi connectivity index (χ4v) is 3.31. The van der Waals surface area contributed by atoms with Crippen LogP contribution in [-0.4, -0.2) is 20.6 Å². The van der Waals surface area contributed by atoms with Crippen LogP contribution in [0.1, 0.15) is 43.0 Å². The number of aromatic nitrogens is 2. The smallest absolute Gasteiger partial charge is 0.337 e. The fraction of sp³-hybridized carbons (Fsp3) is 0.400. The Bertz CT molecular complexity index is 841. The summed E-state index contributed by atoms with van der Waals surface area (Å²) in [6.07, 6.45) is 3.46. The summed E-state index contributed by atoms with van der Waals surface area (Å²) in [5.41, 5.74) is -1.17. The van der Waals surface area contributed by atoms with Crippen molar-refractivity contribution in [2.24, 2.45) is 0 Å². The van der Waals surface area contributed by atoms with Crippen LogP contribution in [-0.2, 0) is 5.54 Å². The Morgan fingerprint density at radius 2 is 1.95 bits per heavy atom. The third-order valence-corrected chi connectivity index (χ3v) is 4.36. The van der Waals surface area contributed by atoms with Gasteiger partial charge in [0.2, 0.25) is 0 Å². The molecular weight excluding hydrogens is 272 g/mol. The van der Waals surface area contributed by atoms with Gasteiger partial charge < -0.3 is 10.1 Å². The van der Waals surface area contributed by atoms with Crippen LogP contribution in [0, 0.1) is 0 Å². The van der Waals surface area contributed by atoms with Gasteiger partial charge in [0.15, 0.2) is 0 Å². The van der Waals surface area contributed by atoms with Crippen LogP contribution < -0.4 is 11.1 Å². The van der Waals surface area contributed by atoms with E-state index in [0.29, 0.717) is 11.0 Å². The summed E-state index contributed by atoms with van der Waals surface area (Å²) in [5.74, 6) is -1.11. The third kappa shape index (κ3) is 1.98. The summed E-state index contributed by atoms with van der Waals surface area (Å²) in [5, 5.41) is 9.39. The number of carbonyl (C=O) groups is 1. The minimum absolute atomic E-state index is 0.0361. The number of hydrogen-bond acceptors (Lipinski definition) is 3. The number of nitrogens with one attached hydrogen (secondary N) is 1. The second kappa shape index (κ2) is 4.58. The van der Waals surface area contributed by atoms with Crippen molar-refractivity contribution in [2.45, 2.75) is 38.1 Å². The van der Waals surface area contributed by atoms with Crippen LogP contribution in [0.2, 0.25) is 0 Å². The second-order valence-electron chi connectivity index (χ2n) is 5.81. The zero-order valence-corrected chi connectivity index (χ0v) is 11.7. The van der Waals surface area contributed by atoms with E-state index in [2.05, 4.69) is 4.98 Å². The van der Waals surface area contributed by atoms with Gasteiger partial charge in [0, 0.05) is 5.54 Å². The Kier molecular flexibility index (Phi) is 2.97. The van der Waals surface area contributed by atoms with Gasteiger partial charge in [-0.1, -0.05) is 18.9 Å². The van der Waals surface area contributed by atoms with Gasteiger partial charge in [-0.15, -0.1) is 0 Å². The van der Waals surface area contributed by atoms with Crippen LogP contribution in [0.25, 0.3) is 11.0 Å². The fourth-order valence-electron chi connectivity index (χ4n) is 3.31. The number of aromatic amines is 1. The van der Waals surface area contributed by atoms with Crippen LogP contribution in [0.3, 0.4) is 0 Å². The van der Waals surface area contributed by atoms with Crippen molar-refractivity contribution in [2.75, 3.05) is 0 Å². The van der Waals surface area contributed by atoms with E-state index in [1.165, 1.54) is 10.6 Å². The number of fused-ring (bicyclic) bond motifs is 1. The first-order chi connectivity index (χ1) is 9.94. The molecule has 1 aromatic carbocycles. The molecule has 1 aliphatic carbocycles. The predicted octanol–water partition coefficient (Wildman–Crippen LogP) is 1.68. The lowest BCUT2D eigenvalue weighted by atomic mass is 9.98. The number of H-pyrrole nitrogens is 1. The van der Waals surface area contributed by atoms with Crippen molar-refractivity contribution < 1.29 is 9.90 Å². The molecule has 0 radical (unpaired) electrons. The maximum atomic E-state index is 12.4. The molecule has 3 rings (SSSR count). The molecule has 0 atom stereocenters. The van der Waals surface area contributed by atoms with E-state index in [9.17, 15) is 19.5 Å². The van der Waals surface area contributed by atoms with Gasteiger partial charge in [0.25, 0.3) is 0 Å². The Morgan fingerprint density at radius 3 is 2.57 bits per heavy atom. The average Bonchev–Trinajstić information content (AvgIpc) is 2.87. The molecule has 0 saturated heterocycles. The van der Waals surface area contributed by atoms with Crippen LogP contribution in [0.4, 0.5) is 0 Å². The van der Waals surface area contributed by atoms with Crippen molar-refractivity contribution >= 4 is 17.0 Å². The van der Waals surface area contributed by atoms with Gasteiger partial charge in [-0.3, -0.25) is 14.2 Å². The van der Waals surface area contributed by atoms with E-state index in [1.54, 1.807) is 12.1 Å². The van der Waals surface area contributed by atoms with E-state index < -0.39 is 22.6 Å². The number of benzene rings is 1. The number of hydrogen-bond donors (Lipinski definition) is 2. The molecule has 1 aliphatic rings. The lowest BCUT2D eigenvalue weighted by Gasteiger charge is -2.28. The molecule has 1 aromatic heterocycles. The standard InChI is InChI=1S/C15H16N2O4/c1-15(7-2-3-8-15)17-11-9(14(20)21)5-4-6-10(11)16-12(18)13(17)19/h4-6H,2-3,7-8H2,1H3,(H,16,18)(H,20,21). The van der Waals surface area contributed by atoms with Crippen molar-refractivity contribution in [1.82, 2.24) is 9.55 Å². The van der Waals surface area contributed by atoms with Gasteiger partial charge in [0.1, 0.15) is 0 Å². The van der Waals surface area contributed by atoms with Crippen molar-refractivity contribution in [3.63, 3.8) is 0 Å². The van der Waals surface area contributed by atoms with E-state index in [0.717, 1.165) is 25.7 Å². The highest BCUT2D eigenvalue weighted by molar-refractivity contribution is 6.00. The largest absolute Gasteiger partial charge is 0.478 e. The number of nitrogens with zero attached hydrogens (tertiary/aromatic N) is 1. The molecular formula is C15H16N2O4. The first kappa shape index (κ1) is 13.6. The maximum absolute atomic E-state index is 12.4. The molecule has 2 N–H and O–H groups in total. The first-order valence-corrected chi connectivity index (χ1v) is 6.96. The SMILES string of the molecule is CC1(n2c(=O)c(=O)[nH]c3cccc(C(=O)O)c32)CCCC1. The van der Waals surface area contributed by atoms with E-state index in [1.807, 2.05) is 6.92 Å². The molecule has 0 unspecified atom stereocenters. The highest BCUT2D eigenvalue weighted by atomic mass is 16.4. The number of carboxylic acids is 1. The van der Waals surface area contributed by atoms with E-state index in [4.69, 9.17) is 0 Å². The van der Waals surface area contributed by atoms with Gasteiger partial charge in [-0.2, -0.15) is 0 Å². The van der Waals surface area contributed by atoms with E-state index >= 15 is 0 Å². The zero-order valence-electron chi connectivity index (χ0n) is 11.7. The van der Waals surface area contributed by atoms with Crippen molar-refractivity contribution in [3.8, 4) is 0 Å². The van der Waals surface area contributed by atoms with Crippen LogP contribution in [0.5, 0.6) is 0 Å². The molecule has 1 fully saturated rings. The van der Waals surface area contributed by atoms with Crippen LogP contribution in [0.15, 0.2) is 27.8 Å². The molecule has 21 heavy (non-hydrogen) atoms. The molecule has 0 aliphatic heterocycles. The highest BCUT2D eigenvalue weighted by Gasteiger charge is 2.34. The van der Waals surface area contributed by atoms with Gasteiger partial charge in [0.05, 0.1) is 16.6 Å². The minimum atomic E-state index is -1.11. The maximum Gasteiger partial charge on any atom is 0.337 e. The Labute approximate surface area is 120 Å². The molecule has 6 nitrogen and oxygen atoms in total. The lowest BCUT2D eigenvalue weighted by molar-refractivity contribution is 0.0698. The third-order valence-electron chi connectivity index (χ3n) is 4.36. The zero-order chi connectivity index (χ0) is 15.2. The topological polar surface area (TPSA) is 92.2 Å². The summed E-state index contributed by atoms with van der Waals surface area (Å²) in [6, 6.07) is 4.64. The molecule has 110 valence electrons. The summed E-state index contributed by atoms with van der Waals surface area (Å²) < 4.78 is 1.40. The minimum Gasteiger partial charge on any atom is -0.478 e. The Morgan fingerprint density at radius 1 is 1.29 bits per heavy atom. The predicted molar refractivity (Wildman–Crippen MR) is 77.9 cm³/mol. The Hall–Kier alpha value is -2.37. The molecule has 2 aromatic rings. The molecule has 1 saturated carbocycles. The van der Waals surface area contributed by atoms with Gasteiger partial charge in [-0.25, -0.2) is 4.79 Å². The van der Waals surface area contributed by atoms with Crippen molar-refractivity contribution in [3.05, 3.63) is 44.5 Å². The summed E-state index contributed by atoms with van der Waals surface area (Å²) in [6.45, 7) is 1.92. The molecule has 6 heteroatoms. The molecule has 0 bridgehead atoms. The lowest BCUT2D eigenvalue weighted by Crippen LogP contribution is -2.45. The number of carboxylic acid groups (broad SMARTS) is 1. The molecule has 0 amide bonds. The normalized spacial score (nSPS) is 17.2. The molecule has 1 heterocycles. The summed E-state index contributed by atoms with van der Waals surface area (Å²) >= 11 is 0. The number of aromatic carboxylic acids is 1. The second-order valence-corrected chi connectivity index (χ2v) is 5.81. The number of rotatable bonds is 2. The Balaban J connectivity index is 2.51. The van der Waals surface area contributed by atoms with Crippen molar-refractivity contribution in [1.29, 1.82) is 0 Å². The summed E-state index contributed by atoms with van der Waals surface area (Å²) in [4.78, 5) is 38.2. The quantitative estimate of drug-likeness (QED) is 0.822. The highest BCUT2D eigenvalue weighted by Crippen LogP contribution is 2.37. The number of para-hydroxylation sites is 1. The van der Waals surface area contributed by atoms with Crippen LogP contribution >= 0.6 is 0 Å². The van der Waals surface area contributed by atoms with Gasteiger partial charge >= 0.3 is 17.1 Å². The monoisotopic (exact) mass is 288 g/mol. The summed E-state index contributed by atoms with van der Waals surface area (Å²) in [7, 11) is 0. The van der Waals surface area contributed by atoms with E-state index in [-0.39, 0.29) is 5.56 Å². The average molecular weight is 288 g/mol. The van der Waals surface area contributed by atoms with Gasteiger partial charge in [-0.05, 0) is 31.9 Å². The molecule has 0 spiro atoms.